The maximum atomic E-state index is 13.2. The number of nitrogens with one attached hydrogen (secondary N) is 2. The van der Waals surface area contributed by atoms with E-state index in [-0.39, 0.29) is 23.9 Å². The maximum Gasteiger partial charge on any atom is 0.315 e. The lowest BCUT2D eigenvalue weighted by atomic mass is 10.2. The van der Waals surface area contributed by atoms with Gasteiger partial charge in [-0.05, 0) is 24.6 Å². The molecular weight excluding hydrogens is 329 g/mol. The Balaban J connectivity index is 1.92. The quantitative estimate of drug-likeness (QED) is 0.751. The highest BCUT2D eigenvalue weighted by molar-refractivity contribution is 6.31. The van der Waals surface area contributed by atoms with Gasteiger partial charge in [0.25, 0.3) is 0 Å². The SMILES string of the molecule is O=C(O)CCNC(=O)NC1CCN(c2ccc(F)c(Cl)c2)C1=O. The van der Waals surface area contributed by atoms with E-state index in [2.05, 4.69) is 10.6 Å². The summed E-state index contributed by atoms with van der Waals surface area (Å²) in [4.78, 5) is 35.7. The second kappa shape index (κ2) is 7.28. The van der Waals surface area contributed by atoms with Crippen molar-refractivity contribution < 1.29 is 23.9 Å². The average Bonchev–Trinajstić information content (AvgIpc) is 2.83. The fourth-order valence-electron chi connectivity index (χ4n) is 2.22. The minimum absolute atomic E-state index is 0.0284. The van der Waals surface area contributed by atoms with Crippen molar-refractivity contribution >= 4 is 35.2 Å². The zero-order chi connectivity index (χ0) is 17.0. The molecule has 1 atom stereocenters. The van der Waals surface area contributed by atoms with Gasteiger partial charge < -0.3 is 20.6 Å². The van der Waals surface area contributed by atoms with E-state index in [4.69, 9.17) is 16.7 Å². The second-order valence-corrected chi connectivity index (χ2v) is 5.38. The molecule has 0 spiro atoms. The number of benzene rings is 1. The van der Waals surface area contributed by atoms with Gasteiger partial charge in [-0.3, -0.25) is 9.59 Å². The van der Waals surface area contributed by atoms with Crippen LogP contribution in [-0.4, -0.2) is 42.1 Å². The highest BCUT2D eigenvalue weighted by atomic mass is 35.5. The number of halogens is 2. The molecule has 1 fully saturated rings. The number of urea groups is 1. The zero-order valence-corrected chi connectivity index (χ0v) is 12.8. The summed E-state index contributed by atoms with van der Waals surface area (Å²) < 4.78 is 13.2. The Hall–Kier alpha value is -2.35. The monoisotopic (exact) mass is 343 g/mol. The number of rotatable bonds is 5. The van der Waals surface area contributed by atoms with E-state index in [9.17, 15) is 18.8 Å². The van der Waals surface area contributed by atoms with Crippen LogP contribution in [0.2, 0.25) is 5.02 Å². The molecule has 3 N–H and O–H groups in total. The van der Waals surface area contributed by atoms with Crippen LogP contribution in [-0.2, 0) is 9.59 Å². The van der Waals surface area contributed by atoms with Crippen LogP contribution >= 0.6 is 11.6 Å². The van der Waals surface area contributed by atoms with Crippen molar-refractivity contribution in [3.63, 3.8) is 0 Å². The summed E-state index contributed by atoms with van der Waals surface area (Å²) in [6.45, 7) is 0.334. The van der Waals surface area contributed by atoms with E-state index in [1.165, 1.54) is 23.1 Å². The number of nitrogens with zero attached hydrogens (tertiary/aromatic N) is 1. The molecule has 0 bridgehead atoms. The van der Waals surface area contributed by atoms with Gasteiger partial charge in [-0.1, -0.05) is 11.6 Å². The topological polar surface area (TPSA) is 98.7 Å². The third kappa shape index (κ3) is 4.32. The normalized spacial score (nSPS) is 17.2. The molecule has 1 aromatic rings. The van der Waals surface area contributed by atoms with Gasteiger partial charge >= 0.3 is 12.0 Å². The predicted molar refractivity (Wildman–Crippen MR) is 81.0 cm³/mol. The van der Waals surface area contributed by atoms with E-state index in [1.54, 1.807) is 0 Å². The first-order valence-electron chi connectivity index (χ1n) is 6.91. The largest absolute Gasteiger partial charge is 0.481 e. The maximum absolute atomic E-state index is 13.2. The van der Waals surface area contributed by atoms with E-state index in [0.717, 1.165) is 0 Å². The molecule has 1 unspecified atom stereocenters. The molecule has 1 aromatic carbocycles. The number of aliphatic carboxylic acids is 1. The molecule has 9 heteroatoms. The van der Waals surface area contributed by atoms with Crippen LogP contribution in [0, 0.1) is 5.82 Å². The van der Waals surface area contributed by atoms with E-state index >= 15 is 0 Å². The molecule has 1 aliphatic rings. The third-order valence-corrected chi connectivity index (χ3v) is 3.64. The Morgan fingerprint density at radius 2 is 2.17 bits per heavy atom. The summed E-state index contributed by atoms with van der Waals surface area (Å²) in [5.74, 6) is -1.93. The molecule has 0 aliphatic carbocycles. The fraction of sp³-hybridized carbons (Fsp3) is 0.357. The van der Waals surface area contributed by atoms with Gasteiger partial charge in [0, 0.05) is 18.8 Å². The van der Waals surface area contributed by atoms with Gasteiger partial charge in [0.05, 0.1) is 11.4 Å². The minimum Gasteiger partial charge on any atom is -0.481 e. The molecule has 1 heterocycles. The summed E-state index contributed by atoms with van der Waals surface area (Å²) in [6, 6.07) is 2.63. The molecule has 1 saturated heterocycles. The minimum atomic E-state index is -1.03. The molecule has 23 heavy (non-hydrogen) atoms. The van der Waals surface area contributed by atoms with Crippen molar-refractivity contribution in [2.75, 3.05) is 18.0 Å². The number of hydrogen-bond donors (Lipinski definition) is 3. The van der Waals surface area contributed by atoms with Crippen LogP contribution < -0.4 is 15.5 Å². The predicted octanol–water partition coefficient (Wildman–Crippen LogP) is 1.36. The van der Waals surface area contributed by atoms with Crippen LogP contribution in [0.25, 0.3) is 0 Å². The van der Waals surface area contributed by atoms with Crippen molar-refractivity contribution in [2.24, 2.45) is 0 Å². The van der Waals surface area contributed by atoms with Crippen LogP contribution in [0.15, 0.2) is 18.2 Å². The number of carbonyl (C=O) groups excluding carboxylic acids is 2. The number of carboxylic acid groups (broad SMARTS) is 1. The Morgan fingerprint density at radius 1 is 1.43 bits per heavy atom. The number of hydrogen-bond acceptors (Lipinski definition) is 3. The lowest BCUT2D eigenvalue weighted by molar-refractivity contribution is -0.136. The van der Waals surface area contributed by atoms with Crippen LogP contribution in [0.4, 0.5) is 14.9 Å². The summed E-state index contributed by atoms with van der Waals surface area (Å²) in [5.41, 5.74) is 0.456. The van der Waals surface area contributed by atoms with Gasteiger partial charge in [-0.2, -0.15) is 0 Å². The molecule has 2 rings (SSSR count). The van der Waals surface area contributed by atoms with Crippen molar-refractivity contribution in [3.05, 3.63) is 29.0 Å². The number of anilines is 1. The lowest BCUT2D eigenvalue weighted by Crippen LogP contribution is -2.46. The van der Waals surface area contributed by atoms with Crippen LogP contribution in [0.1, 0.15) is 12.8 Å². The molecule has 0 saturated carbocycles. The summed E-state index contributed by atoms with van der Waals surface area (Å²) in [6.07, 6.45) is 0.187. The first-order chi connectivity index (χ1) is 10.9. The van der Waals surface area contributed by atoms with Gasteiger partial charge in [0.15, 0.2) is 0 Å². The molecule has 124 valence electrons. The highest BCUT2D eigenvalue weighted by Gasteiger charge is 2.33. The molecule has 0 aromatic heterocycles. The third-order valence-electron chi connectivity index (χ3n) is 3.35. The molecule has 1 aliphatic heterocycles. The second-order valence-electron chi connectivity index (χ2n) is 4.97. The van der Waals surface area contributed by atoms with Gasteiger partial charge in [0.2, 0.25) is 5.91 Å². The van der Waals surface area contributed by atoms with Crippen molar-refractivity contribution in [1.29, 1.82) is 0 Å². The van der Waals surface area contributed by atoms with Crippen LogP contribution in [0.3, 0.4) is 0 Å². The van der Waals surface area contributed by atoms with Crippen molar-refractivity contribution in [1.82, 2.24) is 10.6 Å². The van der Waals surface area contributed by atoms with Gasteiger partial charge in [-0.15, -0.1) is 0 Å². The van der Waals surface area contributed by atoms with E-state index < -0.39 is 23.9 Å². The van der Waals surface area contributed by atoms with Crippen molar-refractivity contribution in [3.8, 4) is 0 Å². The molecule has 0 radical (unpaired) electrons. The first kappa shape index (κ1) is 17.0. The smallest absolute Gasteiger partial charge is 0.315 e. The van der Waals surface area contributed by atoms with E-state index in [1.807, 2.05) is 0 Å². The Bertz CT molecular complexity index is 640. The Kier molecular flexibility index (Phi) is 5.38. The Labute approximate surface area is 136 Å². The number of carbonyl (C=O) groups is 3. The standard InChI is InChI=1S/C14H15ClFN3O4/c15-9-7-8(1-2-10(9)16)19-6-4-11(13(19)22)18-14(23)17-5-3-12(20)21/h1-2,7,11H,3-6H2,(H,20,21)(H2,17,18,23). The lowest BCUT2D eigenvalue weighted by Gasteiger charge is -2.17. The first-order valence-corrected chi connectivity index (χ1v) is 7.29. The Morgan fingerprint density at radius 3 is 2.83 bits per heavy atom. The van der Waals surface area contributed by atoms with E-state index in [0.29, 0.717) is 18.7 Å². The molecule has 7 nitrogen and oxygen atoms in total. The van der Waals surface area contributed by atoms with Crippen molar-refractivity contribution in [2.45, 2.75) is 18.9 Å². The summed E-state index contributed by atoms with van der Waals surface area (Å²) in [7, 11) is 0. The number of carboxylic acids is 1. The molecule has 3 amide bonds. The highest BCUT2D eigenvalue weighted by Crippen LogP contribution is 2.26. The van der Waals surface area contributed by atoms with Gasteiger partial charge in [-0.25, -0.2) is 9.18 Å². The average molecular weight is 344 g/mol. The number of amides is 3. The summed E-state index contributed by atoms with van der Waals surface area (Å²) in [5, 5.41) is 13.2. The molecular formula is C14H15ClFN3O4. The zero-order valence-electron chi connectivity index (χ0n) is 12.0. The van der Waals surface area contributed by atoms with Gasteiger partial charge in [0.1, 0.15) is 11.9 Å². The fourth-order valence-corrected chi connectivity index (χ4v) is 2.39. The van der Waals surface area contributed by atoms with Crippen LogP contribution in [0.5, 0.6) is 0 Å². The summed E-state index contributed by atoms with van der Waals surface area (Å²) >= 11 is 5.70.